The van der Waals surface area contributed by atoms with Crippen LogP contribution in [0.2, 0.25) is 10.6 Å². The van der Waals surface area contributed by atoms with E-state index in [1.807, 2.05) is 41.5 Å². The van der Waals surface area contributed by atoms with Crippen molar-refractivity contribution in [2.24, 2.45) is 11.8 Å². The van der Waals surface area contributed by atoms with Gasteiger partial charge < -0.3 is 30.7 Å². The van der Waals surface area contributed by atoms with Gasteiger partial charge in [-0.15, -0.1) is 12.3 Å². The number of carbonyl (C=O) groups is 2. The van der Waals surface area contributed by atoms with Crippen LogP contribution in [0, 0.1) is 39.6 Å². The monoisotopic (exact) mass is 1000 g/mol. The number of rotatable bonds is 8. The van der Waals surface area contributed by atoms with Gasteiger partial charge in [-0.25, -0.2) is 19.6 Å². The van der Waals surface area contributed by atoms with Gasteiger partial charge in [-0.2, -0.15) is 29.8 Å². The highest BCUT2D eigenvalue weighted by molar-refractivity contribution is 14.1. The molecule has 4 N–H and O–H groups in total. The van der Waals surface area contributed by atoms with Gasteiger partial charge in [-0.3, -0.25) is 4.70 Å². The average molecular weight is 1000 g/mol. The first-order chi connectivity index (χ1) is 25.9. The Labute approximate surface area is 376 Å². The second-order valence-corrected chi connectivity index (χ2v) is 17.3. The first-order valence-corrected chi connectivity index (χ1v) is 20.9. The molecule has 2 heterocycles. The lowest BCUT2D eigenvalue weighted by molar-refractivity contribution is 0.0477. The van der Waals surface area contributed by atoms with Crippen LogP contribution >= 0.6 is 65.6 Å². The third-order valence-electron chi connectivity index (χ3n) is 8.00. The Morgan fingerprint density at radius 2 is 1.24 bits per heavy atom. The molecule has 2 aliphatic rings. The Kier molecular flexibility index (Phi) is 29.5. The molecule has 4 rings (SSSR count). The zero-order chi connectivity index (χ0) is 41.0. The fourth-order valence-corrected chi connectivity index (χ4v) is 6.31. The number of carbonyl (C=O) groups excluding carboxylic acids is 2. The summed E-state index contributed by atoms with van der Waals surface area (Å²) in [6, 6.07) is 0.261. The van der Waals surface area contributed by atoms with Crippen LogP contribution in [0.5, 0.6) is 0 Å². The van der Waals surface area contributed by atoms with Crippen LogP contribution < -0.4 is 21.3 Å². The number of hydrogen-bond donors (Lipinski definition) is 4. The summed E-state index contributed by atoms with van der Waals surface area (Å²) in [6.07, 6.45) is 17.9. The topological polar surface area (TPSA) is 152 Å². The van der Waals surface area contributed by atoms with Crippen molar-refractivity contribution in [3.8, 4) is 24.2 Å². The minimum absolute atomic E-state index is 0. The van der Waals surface area contributed by atoms with E-state index < -0.39 is 11.2 Å². The minimum atomic E-state index is -0.492. The van der Waals surface area contributed by atoms with Crippen LogP contribution in [0.4, 0.5) is 25.9 Å². The van der Waals surface area contributed by atoms with E-state index >= 15 is 0 Å². The van der Waals surface area contributed by atoms with E-state index in [9.17, 15) is 9.59 Å². The van der Waals surface area contributed by atoms with Crippen LogP contribution in [0.1, 0.15) is 125 Å². The molecule has 18 heteroatoms. The van der Waals surface area contributed by atoms with Gasteiger partial charge in [0.1, 0.15) is 22.8 Å². The molecule has 0 aliphatic heterocycles. The summed E-state index contributed by atoms with van der Waals surface area (Å²) in [7, 11) is 0. The quantitative estimate of drug-likeness (QED) is 0.0871. The smallest absolute Gasteiger partial charge is 0.407 e. The number of nitrogens with zero attached hydrogens (tertiary/aromatic N) is 4. The van der Waals surface area contributed by atoms with E-state index in [0.29, 0.717) is 11.7 Å². The van der Waals surface area contributed by atoms with E-state index in [2.05, 4.69) is 95.4 Å². The van der Waals surface area contributed by atoms with Crippen molar-refractivity contribution in [2.75, 3.05) is 23.7 Å². The van der Waals surface area contributed by atoms with Gasteiger partial charge in [0.05, 0.1) is 9.13 Å². The van der Waals surface area contributed by atoms with Gasteiger partial charge >= 0.3 is 12.2 Å². The van der Waals surface area contributed by atoms with Crippen molar-refractivity contribution in [3.63, 3.8) is 0 Å². The lowest BCUT2D eigenvalue weighted by Gasteiger charge is -2.28. The summed E-state index contributed by atoms with van der Waals surface area (Å²) in [5.41, 5.74) is -0.186. The SMILES string of the molecule is C#C[C@@H]1CCC[C@H](NC(=O)OC(C)(C)C)C1.CCCNc1nc(Cl)ncc1C#C[C@@H]1CCC[C@H](NC(=O)OC(C)(C)C)C1.CCCNc1nc(Cl)ncc1I.F.P.P. The van der Waals surface area contributed by atoms with Gasteiger partial charge in [0.2, 0.25) is 10.6 Å². The standard InChI is InChI=1S/C20H29ClN4O2.C13H21NO2.C7H9ClIN3.FH.2H3P/c1-5-11-22-17-15(13-23-18(21)25-17)10-9-14-7-6-8-16(12-14)24-19(26)27-20(2,3)4;1-5-10-7-6-8-11(9-10)14-12(15)16-13(2,3)4;1-2-3-10-6-5(9)4-11-7(8)12-6;;;/h13-14,16H,5-8,11-12H2,1-4H3,(H,24,26)(H,22,23,25);1,10-11H,6-9H2,2-4H3,(H,14,15);4H,2-3H2,1H3,(H,10,11,12);1H;2*1H3/t14-,16-;10-,11+;;;;/m01..../s1. The Hall–Kier alpha value is -2.48. The van der Waals surface area contributed by atoms with Crippen LogP contribution in [-0.2, 0) is 9.47 Å². The normalized spacial score (nSPS) is 18.2. The number of nitrogens with one attached hydrogen (secondary N) is 4. The summed E-state index contributed by atoms with van der Waals surface area (Å²) < 4.78 is 11.5. The highest BCUT2D eigenvalue weighted by Gasteiger charge is 2.26. The molecule has 2 fully saturated rings. The molecule has 58 heavy (non-hydrogen) atoms. The first kappa shape index (κ1) is 57.6. The van der Waals surface area contributed by atoms with Crippen molar-refractivity contribution >= 4 is 89.4 Å². The maximum atomic E-state index is 12.0. The molecule has 0 radical (unpaired) electrons. The van der Waals surface area contributed by atoms with E-state index in [1.165, 1.54) is 0 Å². The minimum Gasteiger partial charge on any atom is -0.444 e. The first-order valence-electron chi connectivity index (χ1n) is 19.1. The molecule has 2 aromatic rings. The van der Waals surface area contributed by atoms with Crippen molar-refractivity contribution in [2.45, 2.75) is 143 Å². The molecule has 2 unspecified atom stereocenters. The average Bonchev–Trinajstić information content (AvgIpc) is 3.10. The van der Waals surface area contributed by atoms with Crippen LogP contribution in [-0.4, -0.2) is 68.5 Å². The summed E-state index contributed by atoms with van der Waals surface area (Å²) in [5, 5.41) is 12.7. The lowest BCUT2D eigenvalue weighted by atomic mass is 9.86. The Morgan fingerprint density at radius 3 is 1.72 bits per heavy atom. The van der Waals surface area contributed by atoms with Gasteiger partial charge in [-0.1, -0.05) is 38.5 Å². The van der Waals surface area contributed by atoms with Crippen molar-refractivity contribution in [1.29, 1.82) is 0 Å². The number of alkyl carbamates (subject to hydrolysis) is 2. The Morgan fingerprint density at radius 1 is 0.793 bits per heavy atom. The molecule has 2 aromatic heterocycles. The highest BCUT2D eigenvalue weighted by Crippen LogP contribution is 2.26. The molecule has 2 aliphatic carbocycles. The molecule has 0 aromatic carbocycles. The third-order valence-corrected chi connectivity index (χ3v) is 9.15. The summed E-state index contributed by atoms with van der Waals surface area (Å²) >= 11 is 13.7. The van der Waals surface area contributed by atoms with Crippen molar-refractivity contribution in [3.05, 3.63) is 32.1 Å². The van der Waals surface area contributed by atoms with Crippen molar-refractivity contribution in [1.82, 2.24) is 30.6 Å². The van der Waals surface area contributed by atoms with E-state index in [-0.39, 0.29) is 65.3 Å². The second-order valence-electron chi connectivity index (χ2n) is 15.4. The zero-order valence-corrected chi connectivity index (χ0v) is 41.9. The molecule has 12 nitrogen and oxygen atoms in total. The van der Waals surface area contributed by atoms with E-state index in [4.69, 9.17) is 39.1 Å². The molecular formula is C40H66Cl2FIN8O4P2. The van der Waals surface area contributed by atoms with Crippen molar-refractivity contribution < 1.29 is 23.8 Å². The maximum absolute atomic E-state index is 12.0. The predicted molar refractivity (Wildman–Crippen MR) is 255 cm³/mol. The zero-order valence-electron chi connectivity index (χ0n) is 35.4. The fourth-order valence-electron chi connectivity index (χ4n) is 5.60. The third kappa shape index (κ3) is 25.2. The number of terminal acetylenes is 1. The van der Waals surface area contributed by atoms with E-state index in [1.54, 1.807) is 12.4 Å². The number of aromatic nitrogens is 4. The number of halogens is 4. The highest BCUT2D eigenvalue weighted by atomic mass is 127. The number of anilines is 2. The lowest BCUT2D eigenvalue weighted by Crippen LogP contribution is -2.41. The number of ether oxygens (including phenoxy) is 2. The summed E-state index contributed by atoms with van der Waals surface area (Å²) in [5.74, 6) is 11.3. The molecular weight excluding hydrogens is 935 g/mol. The number of amides is 2. The maximum Gasteiger partial charge on any atom is 0.407 e. The summed E-state index contributed by atoms with van der Waals surface area (Å²) in [4.78, 5) is 39.7. The molecule has 2 saturated carbocycles. The van der Waals surface area contributed by atoms with Gasteiger partial charge in [-0.05, 0) is 139 Å². The predicted octanol–water partition coefficient (Wildman–Crippen LogP) is 9.92. The number of hydrogen-bond acceptors (Lipinski definition) is 10. The van der Waals surface area contributed by atoms with Gasteiger partial charge in [0, 0.05) is 49.4 Å². The van der Waals surface area contributed by atoms with Gasteiger partial charge in [0.25, 0.3) is 0 Å². The molecule has 0 saturated heterocycles. The Bertz CT molecular complexity index is 1640. The van der Waals surface area contributed by atoms with Gasteiger partial charge in [0.15, 0.2) is 0 Å². The van der Waals surface area contributed by atoms with E-state index in [0.717, 1.165) is 92.2 Å². The molecule has 0 spiro atoms. The van der Waals surface area contributed by atoms with Crippen LogP contribution in [0.3, 0.4) is 0 Å². The molecule has 6 atom stereocenters. The van der Waals surface area contributed by atoms with Crippen LogP contribution in [0.15, 0.2) is 12.4 Å². The molecule has 0 bridgehead atoms. The largest absolute Gasteiger partial charge is 0.444 e. The Balaban J connectivity index is 0. The fraction of sp³-hybridized carbons (Fsp3) is 0.650. The second kappa shape index (κ2) is 29.7. The molecule has 328 valence electrons. The molecule has 2 amide bonds. The van der Waals surface area contributed by atoms with Crippen LogP contribution in [0.25, 0.3) is 0 Å². The summed E-state index contributed by atoms with van der Waals surface area (Å²) in [6.45, 7) is 17.0.